The van der Waals surface area contributed by atoms with Crippen molar-refractivity contribution in [1.29, 1.82) is 0 Å². The summed E-state index contributed by atoms with van der Waals surface area (Å²) in [4.78, 5) is 43.6. The molecule has 4 aromatic rings. The van der Waals surface area contributed by atoms with Crippen LogP contribution < -0.4 is 10.2 Å². The number of anilines is 2. The van der Waals surface area contributed by atoms with E-state index in [1.165, 1.54) is 18.3 Å². The number of rotatable bonds is 4. The van der Waals surface area contributed by atoms with Crippen molar-refractivity contribution in [3.05, 3.63) is 113 Å². The van der Waals surface area contributed by atoms with Crippen LogP contribution in [0, 0.1) is 0 Å². The van der Waals surface area contributed by atoms with Crippen molar-refractivity contribution in [3.63, 3.8) is 0 Å². The van der Waals surface area contributed by atoms with Crippen LogP contribution in [0.4, 0.5) is 11.4 Å². The summed E-state index contributed by atoms with van der Waals surface area (Å²) in [5.74, 6) is -1.28. The number of nitrogens with one attached hydrogen (secondary N) is 1. The highest BCUT2D eigenvalue weighted by Gasteiger charge is 2.37. The first-order valence-corrected chi connectivity index (χ1v) is 10.5. The maximum atomic E-state index is 13.2. The van der Waals surface area contributed by atoms with Gasteiger partial charge in [-0.25, -0.2) is 4.90 Å². The molecule has 0 fully saturated rings. The highest BCUT2D eigenvalue weighted by Crippen LogP contribution is 2.36. The van der Waals surface area contributed by atoms with Crippen molar-refractivity contribution >= 4 is 40.7 Å². The minimum absolute atomic E-state index is 0.159. The summed E-state index contributed by atoms with van der Waals surface area (Å²) in [5.41, 5.74) is 3.36. The molecule has 0 radical (unpaired) electrons. The van der Waals surface area contributed by atoms with Crippen molar-refractivity contribution in [2.75, 3.05) is 10.2 Å². The van der Waals surface area contributed by atoms with Gasteiger partial charge in [0.05, 0.1) is 21.8 Å². The Morgan fingerprint density at radius 1 is 0.788 bits per heavy atom. The molecule has 33 heavy (non-hydrogen) atoms. The quantitative estimate of drug-likeness (QED) is 0.416. The SMILES string of the molecule is O=C(Nc1ccc(N2C(=O)c3ccc(-c4ccccc4)cc3C2=O)c(Cl)c1)c1ccccn1. The zero-order chi connectivity index (χ0) is 22.9. The molecule has 1 aliphatic rings. The molecule has 160 valence electrons. The maximum Gasteiger partial charge on any atom is 0.274 e. The molecule has 0 unspecified atom stereocenters. The Labute approximate surface area is 194 Å². The van der Waals surface area contributed by atoms with Gasteiger partial charge in [-0.2, -0.15) is 0 Å². The minimum Gasteiger partial charge on any atom is -0.321 e. The fourth-order valence-electron chi connectivity index (χ4n) is 3.73. The Balaban J connectivity index is 1.42. The summed E-state index contributed by atoms with van der Waals surface area (Å²) in [7, 11) is 0. The fourth-order valence-corrected chi connectivity index (χ4v) is 3.99. The smallest absolute Gasteiger partial charge is 0.274 e. The number of pyridine rings is 1. The van der Waals surface area contributed by atoms with Gasteiger partial charge in [0.2, 0.25) is 0 Å². The Kier molecular flexibility index (Phi) is 5.20. The van der Waals surface area contributed by atoms with Crippen molar-refractivity contribution in [1.82, 2.24) is 4.98 Å². The van der Waals surface area contributed by atoms with Crippen molar-refractivity contribution in [3.8, 4) is 11.1 Å². The monoisotopic (exact) mass is 453 g/mol. The van der Waals surface area contributed by atoms with E-state index in [4.69, 9.17) is 11.6 Å². The van der Waals surface area contributed by atoms with Gasteiger partial charge in [0, 0.05) is 11.9 Å². The van der Waals surface area contributed by atoms with Crippen LogP contribution in [0.1, 0.15) is 31.2 Å². The molecule has 7 heteroatoms. The molecule has 0 atom stereocenters. The maximum absolute atomic E-state index is 13.2. The topological polar surface area (TPSA) is 79.4 Å². The lowest BCUT2D eigenvalue weighted by Gasteiger charge is -2.16. The zero-order valence-corrected chi connectivity index (χ0v) is 17.9. The average molecular weight is 454 g/mol. The minimum atomic E-state index is -0.444. The number of benzene rings is 3. The van der Waals surface area contributed by atoms with Crippen LogP contribution in [0.25, 0.3) is 11.1 Å². The molecule has 0 saturated heterocycles. The number of carbonyl (C=O) groups is 3. The Bertz CT molecular complexity index is 1410. The fraction of sp³-hybridized carbons (Fsp3) is 0. The van der Waals surface area contributed by atoms with Gasteiger partial charge < -0.3 is 5.32 Å². The molecule has 0 aliphatic carbocycles. The molecular formula is C26H16ClN3O3. The molecule has 2 heterocycles. The Morgan fingerprint density at radius 3 is 2.27 bits per heavy atom. The first kappa shape index (κ1) is 20.6. The van der Waals surface area contributed by atoms with Crippen molar-refractivity contribution in [2.45, 2.75) is 0 Å². The number of amides is 3. The van der Waals surface area contributed by atoms with Crippen LogP contribution in [0.5, 0.6) is 0 Å². The van der Waals surface area contributed by atoms with Gasteiger partial charge in [-0.05, 0) is 53.6 Å². The summed E-state index contributed by atoms with van der Waals surface area (Å²) in [6.07, 6.45) is 1.52. The van der Waals surface area contributed by atoms with E-state index in [0.29, 0.717) is 16.8 Å². The number of carbonyl (C=O) groups excluding carboxylic acids is 3. The van der Waals surface area contributed by atoms with Gasteiger partial charge in [0.1, 0.15) is 5.69 Å². The molecule has 1 N–H and O–H groups in total. The molecule has 3 amide bonds. The summed E-state index contributed by atoms with van der Waals surface area (Å²) in [6.45, 7) is 0. The number of hydrogen-bond acceptors (Lipinski definition) is 4. The molecule has 0 bridgehead atoms. The average Bonchev–Trinajstić information content (AvgIpc) is 3.10. The van der Waals surface area contributed by atoms with Crippen molar-refractivity contribution < 1.29 is 14.4 Å². The molecule has 0 saturated carbocycles. The summed E-state index contributed by atoms with van der Waals surface area (Å²) in [5, 5.41) is 2.87. The Morgan fingerprint density at radius 2 is 1.55 bits per heavy atom. The number of aromatic nitrogens is 1. The second-order valence-corrected chi connectivity index (χ2v) is 7.81. The van der Waals surface area contributed by atoms with Crippen LogP contribution in [0.2, 0.25) is 5.02 Å². The highest BCUT2D eigenvalue weighted by molar-refractivity contribution is 6.40. The van der Waals surface area contributed by atoms with E-state index in [2.05, 4.69) is 10.3 Å². The van der Waals surface area contributed by atoms with Crippen LogP contribution in [0.15, 0.2) is 91.1 Å². The standard InChI is InChI=1S/C26H16ClN3O3/c27-21-15-18(29-24(31)22-8-4-5-13-28-22)10-12-23(21)30-25(32)19-11-9-17(14-20(19)26(30)33)16-6-2-1-3-7-16/h1-15H,(H,29,31). The normalized spacial score (nSPS) is 12.6. The Hall–Kier alpha value is -4.29. The van der Waals surface area contributed by atoms with E-state index in [1.807, 2.05) is 36.4 Å². The number of hydrogen-bond donors (Lipinski definition) is 1. The summed E-state index contributed by atoms with van der Waals surface area (Å²) in [6, 6.07) is 24.5. The summed E-state index contributed by atoms with van der Waals surface area (Å²) >= 11 is 6.43. The van der Waals surface area contributed by atoms with Crippen LogP contribution in [-0.4, -0.2) is 22.7 Å². The lowest BCUT2D eigenvalue weighted by Crippen LogP contribution is -2.29. The van der Waals surface area contributed by atoms with E-state index in [0.717, 1.165) is 16.0 Å². The first-order valence-electron chi connectivity index (χ1n) is 10.1. The lowest BCUT2D eigenvalue weighted by molar-refractivity contribution is 0.0924. The van der Waals surface area contributed by atoms with E-state index in [1.54, 1.807) is 36.4 Å². The van der Waals surface area contributed by atoms with E-state index < -0.39 is 17.7 Å². The molecule has 5 rings (SSSR count). The largest absolute Gasteiger partial charge is 0.321 e. The van der Waals surface area contributed by atoms with Crippen LogP contribution >= 0.6 is 11.6 Å². The van der Waals surface area contributed by atoms with Gasteiger partial charge in [-0.15, -0.1) is 0 Å². The molecule has 0 spiro atoms. The molecule has 1 aromatic heterocycles. The number of imide groups is 1. The van der Waals surface area contributed by atoms with Gasteiger partial charge in [0.15, 0.2) is 0 Å². The third-order valence-electron chi connectivity index (χ3n) is 5.34. The second-order valence-electron chi connectivity index (χ2n) is 7.41. The lowest BCUT2D eigenvalue weighted by atomic mass is 10.0. The van der Waals surface area contributed by atoms with Crippen LogP contribution in [-0.2, 0) is 0 Å². The summed E-state index contributed by atoms with van der Waals surface area (Å²) < 4.78 is 0. The zero-order valence-electron chi connectivity index (χ0n) is 17.2. The predicted octanol–water partition coefficient (Wildman–Crippen LogP) is 5.45. The van der Waals surface area contributed by atoms with E-state index in [-0.39, 0.29) is 16.4 Å². The number of fused-ring (bicyclic) bond motifs is 1. The van der Waals surface area contributed by atoms with Crippen molar-refractivity contribution in [2.24, 2.45) is 0 Å². The molecule has 6 nitrogen and oxygen atoms in total. The van der Waals surface area contributed by atoms with Crippen LogP contribution in [0.3, 0.4) is 0 Å². The number of nitrogens with zero attached hydrogens (tertiary/aromatic N) is 2. The highest BCUT2D eigenvalue weighted by atomic mass is 35.5. The van der Waals surface area contributed by atoms with Gasteiger partial charge in [-0.3, -0.25) is 19.4 Å². The van der Waals surface area contributed by atoms with E-state index >= 15 is 0 Å². The number of halogens is 1. The molecular weight excluding hydrogens is 438 g/mol. The van der Waals surface area contributed by atoms with Gasteiger partial charge in [0.25, 0.3) is 17.7 Å². The third kappa shape index (κ3) is 3.77. The predicted molar refractivity (Wildman–Crippen MR) is 127 cm³/mol. The van der Waals surface area contributed by atoms with Gasteiger partial charge in [-0.1, -0.05) is 54.1 Å². The molecule has 1 aliphatic heterocycles. The third-order valence-corrected chi connectivity index (χ3v) is 5.64. The van der Waals surface area contributed by atoms with E-state index in [9.17, 15) is 14.4 Å². The first-order chi connectivity index (χ1) is 16.0. The molecule has 3 aromatic carbocycles. The second kappa shape index (κ2) is 8.33. The van der Waals surface area contributed by atoms with Gasteiger partial charge >= 0.3 is 0 Å².